The van der Waals surface area contributed by atoms with Crippen molar-refractivity contribution in [3.05, 3.63) is 17.7 Å². The normalized spacial score (nSPS) is 15.3. The summed E-state index contributed by atoms with van der Waals surface area (Å²) in [6.07, 6.45) is 1.75. The first kappa shape index (κ1) is 17.3. The van der Waals surface area contributed by atoms with Gasteiger partial charge in [0.25, 0.3) is 0 Å². The molecular formula is C14H19ClN4O4. The number of ether oxygens (including phenoxy) is 2. The van der Waals surface area contributed by atoms with Gasteiger partial charge in [-0.15, -0.1) is 0 Å². The lowest BCUT2D eigenvalue weighted by Crippen LogP contribution is -2.52. The summed E-state index contributed by atoms with van der Waals surface area (Å²) in [5, 5.41) is 0.0794. The summed E-state index contributed by atoms with van der Waals surface area (Å²) in [6.45, 7) is 6.95. The molecule has 1 aliphatic heterocycles. The van der Waals surface area contributed by atoms with E-state index in [0.717, 1.165) is 0 Å². The van der Waals surface area contributed by atoms with E-state index in [1.165, 1.54) is 17.3 Å². The average Bonchev–Trinajstić information content (AvgIpc) is 2.48. The van der Waals surface area contributed by atoms with Crippen molar-refractivity contribution in [3.63, 3.8) is 0 Å². The van der Waals surface area contributed by atoms with Crippen molar-refractivity contribution in [2.24, 2.45) is 0 Å². The zero-order valence-corrected chi connectivity index (χ0v) is 14.0. The minimum Gasteiger partial charge on any atom is -0.444 e. The van der Waals surface area contributed by atoms with E-state index >= 15 is 0 Å². The van der Waals surface area contributed by atoms with Crippen molar-refractivity contribution >= 4 is 23.8 Å². The number of hydrogen-bond donors (Lipinski definition) is 0. The molecule has 1 aliphatic rings. The van der Waals surface area contributed by atoms with Gasteiger partial charge in [0, 0.05) is 26.2 Å². The molecule has 0 spiro atoms. The summed E-state index contributed by atoms with van der Waals surface area (Å²) < 4.78 is 10.5. The highest BCUT2D eigenvalue weighted by Gasteiger charge is 2.28. The highest BCUT2D eigenvalue weighted by atomic mass is 35.5. The largest absolute Gasteiger partial charge is 0.444 e. The molecular weight excluding hydrogens is 324 g/mol. The van der Waals surface area contributed by atoms with E-state index in [1.807, 2.05) is 20.8 Å². The third kappa shape index (κ3) is 5.24. The van der Waals surface area contributed by atoms with Crippen molar-refractivity contribution in [3.8, 4) is 5.75 Å². The molecule has 0 bridgehead atoms. The van der Waals surface area contributed by atoms with Gasteiger partial charge >= 0.3 is 12.2 Å². The Morgan fingerprint density at radius 3 is 2.00 bits per heavy atom. The van der Waals surface area contributed by atoms with Gasteiger partial charge in [0.2, 0.25) is 5.28 Å². The number of amides is 2. The number of halogens is 1. The summed E-state index contributed by atoms with van der Waals surface area (Å²) in [4.78, 5) is 34.5. The molecule has 0 saturated carbocycles. The zero-order valence-electron chi connectivity index (χ0n) is 13.3. The van der Waals surface area contributed by atoms with E-state index in [1.54, 1.807) is 4.90 Å². The lowest BCUT2D eigenvalue weighted by Gasteiger charge is -2.34. The van der Waals surface area contributed by atoms with E-state index in [9.17, 15) is 9.59 Å². The maximum Gasteiger partial charge on any atom is 0.415 e. The first-order valence-corrected chi connectivity index (χ1v) is 7.54. The Hall–Kier alpha value is -2.09. The predicted octanol–water partition coefficient (Wildman–Crippen LogP) is 2.18. The van der Waals surface area contributed by atoms with Crippen LogP contribution in [0.25, 0.3) is 0 Å². The Labute approximate surface area is 139 Å². The van der Waals surface area contributed by atoms with E-state index in [2.05, 4.69) is 9.97 Å². The molecule has 1 aromatic rings. The van der Waals surface area contributed by atoms with Gasteiger partial charge in [-0.3, -0.25) is 0 Å². The van der Waals surface area contributed by atoms with Crippen molar-refractivity contribution < 1.29 is 19.1 Å². The topological polar surface area (TPSA) is 84.9 Å². The van der Waals surface area contributed by atoms with Gasteiger partial charge in [-0.05, 0) is 32.4 Å². The van der Waals surface area contributed by atoms with Crippen LogP contribution in [0, 0.1) is 0 Å². The molecule has 0 N–H and O–H groups in total. The predicted molar refractivity (Wildman–Crippen MR) is 82.4 cm³/mol. The molecule has 0 atom stereocenters. The summed E-state index contributed by atoms with van der Waals surface area (Å²) in [5.74, 6) is 0.217. The maximum absolute atomic E-state index is 12.0. The average molecular weight is 343 g/mol. The summed E-state index contributed by atoms with van der Waals surface area (Å²) in [6, 6.07) is 0. The monoisotopic (exact) mass is 342 g/mol. The Bertz CT molecular complexity index is 565. The van der Waals surface area contributed by atoms with Crippen molar-refractivity contribution in [1.82, 2.24) is 19.8 Å². The molecule has 1 saturated heterocycles. The fourth-order valence-electron chi connectivity index (χ4n) is 1.92. The van der Waals surface area contributed by atoms with Crippen LogP contribution >= 0.6 is 11.6 Å². The fourth-order valence-corrected chi connectivity index (χ4v) is 2.01. The van der Waals surface area contributed by atoms with Crippen LogP contribution in [0.3, 0.4) is 0 Å². The number of carbonyl (C=O) groups is 2. The number of piperazine rings is 1. The quantitative estimate of drug-likeness (QED) is 0.727. The molecule has 126 valence electrons. The summed E-state index contributed by atoms with van der Waals surface area (Å²) in [7, 11) is 0. The Balaban J connectivity index is 1.83. The van der Waals surface area contributed by atoms with Gasteiger partial charge in [-0.2, -0.15) is 0 Å². The highest BCUT2D eigenvalue weighted by molar-refractivity contribution is 6.28. The van der Waals surface area contributed by atoms with Crippen LogP contribution in [0.5, 0.6) is 5.75 Å². The zero-order chi connectivity index (χ0) is 17.0. The Kier molecular flexibility index (Phi) is 5.25. The van der Waals surface area contributed by atoms with Gasteiger partial charge in [0.05, 0.1) is 12.4 Å². The minimum atomic E-state index is -0.540. The van der Waals surface area contributed by atoms with E-state index in [0.29, 0.717) is 26.2 Å². The summed E-state index contributed by atoms with van der Waals surface area (Å²) in [5.41, 5.74) is -0.540. The Morgan fingerprint density at radius 1 is 1.04 bits per heavy atom. The van der Waals surface area contributed by atoms with Gasteiger partial charge < -0.3 is 19.3 Å². The summed E-state index contributed by atoms with van der Waals surface area (Å²) >= 11 is 5.57. The molecule has 0 aliphatic carbocycles. The van der Waals surface area contributed by atoms with Crippen LogP contribution < -0.4 is 4.74 Å². The van der Waals surface area contributed by atoms with Crippen LogP contribution in [0.15, 0.2) is 12.4 Å². The van der Waals surface area contributed by atoms with Gasteiger partial charge in [0.1, 0.15) is 5.60 Å². The molecule has 0 aromatic carbocycles. The lowest BCUT2D eigenvalue weighted by atomic mass is 10.2. The van der Waals surface area contributed by atoms with Gasteiger partial charge in [-0.25, -0.2) is 19.6 Å². The third-order valence-corrected chi connectivity index (χ3v) is 3.19. The molecule has 23 heavy (non-hydrogen) atoms. The molecule has 2 amide bonds. The van der Waals surface area contributed by atoms with Crippen LogP contribution in [0.1, 0.15) is 20.8 Å². The van der Waals surface area contributed by atoms with Crippen LogP contribution in [-0.4, -0.2) is 63.7 Å². The molecule has 9 heteroatoms. The van der Waals surface area contributed by atoms with E-state index in [-0.39, 0.29) is 17.1 Å². The molecule has 8 nitrogen and oxygen atoms in total. The first-order chi connectivity index (χ1) is 10.7. The van der Waals surface area contributed by atoms with Crippen LogP contribution in [0.2, 0.25) is 5.28 Å². The molecule has 1 fully saturated rings. The Morgan fingerprint density at radius 2 is 1.52 bits per heavy atom. The molecule has 2 heterocycles. The molecule has 2 rings (SSSR count). The lowest BCUT2D eigenvalue weighted by molar-refractivity contribution is 0.0154. The van der Waals surface area contributed by atoms with Crippen LogP contribution in [-0.2, 0) is 4.74 Å². The second-order valence-electron chi connectivity index (χ2n) is 6.01. The smallest absolute Gasteiger partial charge is 0.415 e. The van der Waals surface area contributed by atoms with Crippen molar-refractivity contribution in [1.29, 1.82) is 0 Å². The fraction of sp³-hybridized carbons (Fsp3) is 0.571. The third-order valence-electron chi connectivity index (χ3n) is 2.99. The molecule has 0 radical (unpaired) electrons. The van der Waals surface area contributed by atoms with Gasteiger partial charge in [-0.1, -0.05) is 0 Å². The van der Waals surface area contributed by atoms with Gasteiger partial charge in [0.15, 0.2) is 5.75 Å². The van der Waals surface area contributed by atoms with Crippen LogP contribution in [0.4, 0.5) is 9.59 Å². The first-order valence-electron chi connectivity index (χ1n) is 7.17. The van der Waals surface area contributed by atoms with E-state index < -0.39 is 11.7 Å². The molecule has 0 unspecified atom stereocenters. The number of carbonyl (C=O) groups excluding carboxylic acids is 2. The molecule has 1 aromatic heterocycles. The standard InChI is InChI=1S/C14H19ClN4O4/c1-14(2,3)23-13(21)19-6-4-18(5-7-19)12(20)22-10-8-16-11(15)17-9-10/h8-9H,4-7H2,1-3H3. The van der Waals surface area contributed by atoms with Crippen molar-refractivity contribution in [2.75, 3.05) is 26.2 Å². The number of nitrogens with zero attached hydrogens (tertiary/aromatic N) is 4. The second kappa shape index (κ2) is 6.99. The minimum absolute atomic E-state index is 0.0794. The number of hydrogen-bond acceptors (Lipinski definition) is 6. The number of rotatable bonds is 1. The number of aromatic nitrogens is 2. The SMILES string of the molecule is CC(C)(C)OC(=O)N1CCN(C(=O)Oc2cnc(Cl)nc2)CC1. The maximum atomic E-state index is 12.0. The van der Waals surface area contributed by atoms with E-state index in [4.69, 9.17) is 21.1 Å². The van der Waals surface area contributed by atoms with Crippen molar-refractivity contribution in [2.45, 2.75) is 26.4 Å². The highest BCUT2D eigenvalue weighted by Crippen LogP contribution is 2.14. The second-order valence-corrected chi connectivity index (χ2v) is 6.35.